The Morgan fingerprint density at radius 2 is 0.912 bits per heavy atom. The fraction of sp³-hybridized carbons (Fsp3) is 0. The van der Waals surface area contributed by atoms with Crippen molar-refractivity contribution in [1.29, 1.82) is 0 Å². The topological polar surface area (TPSA) is 168 Å². The van der Waals surface area contributed by atoms with Gasteiger partial charge in [0.1, 0.15) is 0 Å². The van der Waals surface area contributed by atoms with Crippen molar-refractivity contribution in [3.8, 4) is 0 Å². The minimum Gasteiger partial charge on any atom is -0.366 e. The Morgan fingerprint density at radius 1 is 0.559 bits per heavy atom. The highest BCUT2D eigenvalue weighted by molar-refractivity contribution is 9.11. The van der Waals surface area contributed by atoms with E-state index in [4.69, 9.17) is 11.5 Å². The number of primary amides is 2. The average Bonchev–Trinajstić information content (AvgIpc) is 2.77. The molecule has 12 heteroatoms. The molecule has 3 rings (SSSR count). The molecule has 0 aliphatic heterocycles. The number of hydrogen-bond acceptors (Lipinski definition) is 4. The molecule has 0 radical (unpaired) electrons. The third-order valence-electron chi connectivity index (χ3n) is 4.43. The summed E-state index contributed by atoms with van der Waals surface area (Å²) in [6.45, 7) is 0. The minimum absolute atomic E-state index is 0.155. The lowest BCUT2D eigenvalue weighted by molar-refractivity contribution is 0.0992. The first kappa shape index (κ1) is 24.7. The summed E-state index contributed by atoms with van der Waals surface area (Å²) in [4.78, 5) is 48.2. The summed E-state index contributed by atoms with van der Waals surface area (Å²) in [5.41, 5.74) is 12.1. The van der Waals surface area contributed by atoms with Crippen molar-refractivity contribution < 1.29 is 19.2 Å². The van der Waals surface area contributed by atoms with Gasteiger partial charge in [0.15, 0.2) is 0 Å². The molecule has 0 heterocycles. The number of para-hydroxylation sites is 2. The Bertz CT molecular complexity index is 1200. The predicted molar refractivity (Wildman–Crippen MR) is 137 cm³/mol. The second-order valence-electron chi connectivity index (χ2n) is 6.79. The number of urea groups is 2. The molecular weight excluding hydrogens is 572 g/mol. The van der Waals surface area contributed by atoms with Gasteiger partial charge in [-0.2, -0.15) is 0 Å². The van der Waals surface area contributed by atoms with Crippen LogP contribution in [-0.2, 0) is 0 Å². The summed E-state index contributed by atoms with van der Waals surface area (Å²) >= 11 is 6.70. The lowest BCUT2D eigenvalue weighted by Gasteiger charge is -2.15. The van der Waals surface area contributed by atoms with Crippen LogP contribution in [0.3, 0.4) is 0 Å². The van der Waals surface area contributed by atoms with Gasteiger partial charge in [-0.25, -0.2) is 9.59 Å². The maximum Gasteiger partial charge on any atom is 0.323 e. The Hall–Kier alpha value is -3.90. The number of carbonyl (C=O) groups is 4. The molecule has 8 N–H and O–H groups in total. The Balaban J connectivity index is 1.75. The molecule has 3 aromatic rings. The summed E-state index contributed by atoms with van der Waals surface area (Å²) in [5.74, 6) is -1.37. The van der Waals surface area contributed by atoms with E-state index in [0.29, 0.717) is 20.3 Å². The molecule has 0 saturated heterocycles. The highest BCUT2D eigenvalue weighted by Gasteiger charge is 2.15. The molecule has 174 valence electrons. The highest BCUT2D eigenvalue weighted by Crippen LogP contribution is 2.33. The van der Waals surface area contributed by atoms with E-state index in [1.54, 1.807) is 30.3 Å². The molecule has 0 fully saturated rings. The van der Waals surface area contributed by atoms with Crippen LogP contribution in [0.5, 0.6) is 0 Å². The van der Waals surface area contributed by atoms with Crippen molar-refractivity contribution in [3.63, 3.8) is 0 Å². The molecule has 10 nitrogen and oxygen atoms in total. The highest BCUT2D eigenvalue weighted by atomic mass is 79.9. The number of benzene rings is 3. The third kappa shape index (κ3) is 6.11. The molecule has 0 aliphatic carbocycles. The molecule has 0 aliphatic rings. The molecule has 0 bridgehead atoms. The Labute approximate surface area is 210 Å². The number of nitrogens with two attached hydrogens (primary N) is 2. The van der Waals surface area contributed by atoms with Crippen LogP contribution < -0.4 is 32.7 Å². The van der Waals surface area contributed by atoms with Gasteiger partial charge < -0.3 is 32.7 Å². The van der Waals surface area contributed by atoms with Gasteiger partial charge in [-0.1, -0.05) is 24.3 Å². The number of amides is 6. The quantitative estimate of drug-likeness (QED) is 0.245. The van der Waals surface area contributed by atoms with Crippen molar-refractivity contribution in [2.24, 2.45) is 11.5 Å². The van der Waals surface area contributed by atoms with E-state index in [1.807, 2.05) is 0 Å². The number of anilines is 4. The number of rotatable bonds is 6. The lowest BCUT2D eigenvalue weighted by atomic mass is 10.1. The van der Waals surface area contributed by atoms with Crippen LogP contribution in [0.2, 0.25) is 0 Å². The molecule has 0 aromatic heterocycles. The number of nitrogens with one attached hydrogen (secondary N) is 4. The van der Waals surface area contributed by atoms with Crippen molar-refractivity contribution in [1.82, 2.24) is 0 Å². The van der Waals surface area contributed by atoms with Crippen LogP contribution in [0.25, 0.3) is 0 Å². The van der Waals surface area contributed by atoms with Gasteiger partial charge in [0.2, 0.25) is 0 Å². The molecule has 0 atom stereocenters. The van der Waals surface area contributed by atoms with Gasteiger partial charge in [-0.05, 0) is 68.3 Å². The zero-order valence-electron chi connectivity index (χ0n) is 17.3. The van der Waals surface area contributed by atoms with Crippen molar-refractivity contribution >= 4 is 78.5 Å². The zero-order valence-corrected chi connectivity index (χ0v) is 20.5. The van der Waals surface area contributed by atoms with Crippen LogP contribution >= 0.6 is 31.9 Å². The molecule has 34 heavy (non-hydrogen) atoms. The molecule has 3 aromatic carbocycles. The monoisotopic (exact) mass is 588 g/mol. The normalized spacial score (nSPS) is 10.2. The van der Waals surface area contributed by atoms with E-state index in [1.165, 1.54) is 30.3 Å². The second kappa shape index (κ2) is 10.8. The van der Waals surface area contributed by atoms with Crippen molar-refractivity contribution in [2.45, 2.75) is 0 Å². The first-order valence-corrected chi connectivity index (χ1v) is 11.2. The summed E-state index contributed by atoms with van der Waals surface area (Å²) in [6.07, 6.45) is 0. The van der Waals surface area contributed by atoms with Crippen LogP contribution in [-0.4, -0.2) is 23.9 Å². The maximum absolute atomic E-state index is 12.5. The standard InChI is InChI=1S/C22H18Br2N6O4/c23-13-9-14(24)18(30-22(34)28-16-8-4-2-6-12(16)20(26)32)10-17(13)29-21(33)27-15-7-3-1-5-11(15)19(25)31/h1-10H,(H2,25,31)(H2,26,32)(H2,27,29,33)(H2,28,30,34). The van der Waals surface area contributed by atoms with E-state index in [0.717, 1.165) is 0 Å². The predicted octanol–water partition coefficient (Wildman–Crippen LogP) is 4.70. The first-order chi connectivity index (χ1) is 16.2. The molecular formula is C22H18Br2N6O4. The van der Waals surface area contributed by atoms with Crippen molar-refractivity contribution in [3.05, 3.63) is 80.7 Å². The fourth-order valence-electron chi connectivity index (χ4n) is 2.91. The van der Waals surface area contributed by atoms with Crippen molar-refractivity contribution in [2.75, 3.05) is 21.3 Å². The Morgan fingerprint density at radius 3 is 1.29 bits per heavy atom. The van der Waals surface area contributed by atoms with Gasteiger partial charge in [0.25, 0.3) is 11.8 Å². The third-order valence-corrected chi connectivity index (χ3v) is 5.75. The first-order valence-electron chi connectivity index (χ1n) is 9.58. The van der Waals surface area contributed by atoms with E-state index in [9.17, 15) is 19.2 Å². The minimum atomic E-state index is -0.684. The van der Waals surface area contributed by atoms with Gasteiger partial charge in [0.05, 0.1) is 33.9 Å². The van der Waals surface area contributed by atoms with Gasteiger partial charge in [-0.3, -0.25) is 9.59 Å². The smallest absolute Gasteiger partial charge is 0.323 e. The summed E-state index contributed by atoms with van der Waals surface area (Å²) < 4.78 is 1.03. The lowest BCUT2D eigenvalue weighted by Crippen LogP contribution is -2.24. The summed E-state index contributed by atoms with van der Waals surface area (Å²) in [5, 5.41) is 10.4. The Kier molecular flexibility index (Phi) is 7.87. The molecule has 0 saturated carbocycles. The molecule has 6 amide bonds. The number of hydrogen-bond donors (Lipinski definition) is 6. The van der Waals surface area contributed by atoms with Crippen LogP contribution in [0, 0.1) is 0 Å². The number of carbonyl (C=O) groups excluding carboxylic acids is 4. The van der Waals surface area contributed by atoms with E-state index in [2.05, 4.69) is 53.1 Å². The fourth-order valence-corrected chi connectivity index (χ4v) is 4.10. The zero-order chi connectivity index (χ0) is 24.8. The SMILES string of the molecule is NC(=O)c1ccccc1NC(=O)Nc1cc(NC(=O)Nc2ccccc2C(N)=O)c(Br)cc1Br. The molecule has 0 unspecified atom stereocenters. The second-order valence-corrected chi connectivity index (χ2v) is 8.50. The van der Waals surface area contributed by atoms with E-state index >= 15 is 0 Å². The summed E-state index contributed by atoms with van der Waals surface area (Å²) in [6, 6.07) is 14.5. The van der Waals surface area contributed by atoms with Crippen LogP contribution in [0.1, 0.15) is 20.7 Å². The van der Waals surface area contributed by atoms with Gasteiger partial charge in [0, 0.05) is 8.95 Å². The van der Waals surface area contributed by atoms with Gasteiger partial charge in [-0.15, -0.1) is 0 Å². The summed E-state index contributed by atoms with van der Waals surface area (Å²) in [7, 11) is 0. The molecule has 0 spiro atoms. The number of halogens is 2. The maximum atomic E-state index is 12.5. The van der Waals surface area contributed by atoms with Crippen LogP contribution in [0.15, 0.2) is 69.6 Å². The van der Waals surface area contributed by atoms with E-state index < -0.39 is 23.9 Å². The largest absolute Gasteiger partial charge is 0.366 e. The average molecular weight is 590 g/mol. The van der Waals surface area contributed by atoms with E-state index in [-0.39, 0.29) is 22.5 Å². The van der Waals surface area contributed by atoms with Crippen LogP contribution in [0.4, 0.5) is 32.3 Å². The van der Waals surface area contributed by atoms with Gasteiger partial charge >= 0.3 is 12.1 Å².